The second kappa shape index (κ2) is 7.56. The molecule has 0 bridgehead atoms. The maximum atomic E-state index is 3.69. The summed E-state index contributed by atoms with van der Waals surface area (Å²) in [6.07, 6.45) is 8.33. The SMILES string of the molecule is C=[N+]=CCCCCCC(C)C. The molecule has 0 aromatic heterocycles. The van der Waals surface area contributed by atoms with Gasteiger partial charge in [-0.15, -0.1) is 4.67 Å². The van der Waals surface area contributed by atoms with Crippen LogP contribution in [0.1, 0.15) is 46.0 Å². The lowest BCUT2D eigenvalue weighted by Crippen LogP contribution is -1.87. The quantitative estimate of drug-likeness (QED) is 0.317. The van der Waals surface area contributed by atoms with Gasteiger partial charge in [-0.25, -0.2) is 0 Å². The number of hydrogen-bond acceptors (Lipinski definition) is 0. The largest absolute Gasteiger partial charge is 0.268 e. The fraction of sp³-hybridized carbons (Fsp3) is 0.800. The van der Waals surface area contributed by atoms with Crippen LogP contribution in [0.2, 0.25) is 0 Å². The predicted octanol–water partition coefficient (Wildman–Crippen LogP) is 2.43. The molecule has 1 heteroatoms. The fourth-order valence-corrected chi connectivity index (χ4v) is 1.06. The zero-order valence-electron chi connectivity index (χ0n) is 7.84. The van der Waals surface area contributed by atoms with Gasteiger partial charge in [0, 0.05) is 6.42 Å². The van der Waals surface area contributed by atoms with Crippen molar-refractivity contribution in [2.45, 2.75) is 46.0 Å². The molecule has 11 heavy (non-hydrogen) atoms. The van der Waals surface area contributed by atoms with Gasteiger partial charge in [0.2, 0.25) is 0 Å². The molecule has 0 unspecified atom stereocenters. The van der Waals surface area contributed by atoms with Crippen LogP contribution in [0.25, 0.3) is 0 Å². The van der Waals surface area contributed by atoms with Crippen molar-refractivity contribution >= 4 is 12.9 Å². The summed E-state index contributed by atoms with van der Waals surface area (Å²) in [7, 11) is 0. The van der Waals surface area contributed by atoms with E-state index in [2.05, 4.69) is 25.2 Å². The van der Waals surface area contributed by atoms with E-state index in [0.717, 1.165) is 12.3 Å². The highest BCUT2D eigenvalue weighted by molar-refractivity contribution is 5.57. The van der Waals surface area contributed by atoms with Crippen molar-refractivity contribution in [2.24, 2.45) is 5.92 Å². The summed E-state index contributed by atoms with van der Waals surface area (Å²) in [6.45, 7) is 7.95. The molecule has 0 aliphatic rings. The molecule has 64 valence electrons. The van der Waals surface area contributed by atoms with E-state index < -0.39 is 0 Å². The van der Waals surface area contributed by atoms with Gasteiger partial charge in [0.05, 0.1) is 0 Å². The number of unbranched alkanes of at least 4 members (excludes halogenated alkanes) is 3. The first-order chi connectivity index (χ1) is 5.27. The van der Waals surface area contributed by atoms with Crippen molar-refractivity contribution in [1.29, 1.82) is 0 Å². The van der Waals surface area contributed by atoms with Crippen LogP contribution in [0, 0.1) is 5.92 Å². The molecular weight excluding hydrogens is 134 g/mol. The summed E-state index contributed by atoms with van der Waals surface area (Å²) >= 11 is 0. The molecule has 1 nitrogen and oxygen atoms in total. The minimum absolute atomic E-state index is 0.858. The molecule has 0 heterocycles. The Hall–Kier alpha value is -0.550. The molecule has 0 saturated heterocycles. The molecule has 0 aromatic rings. The van der Waals surface area contributed by atoms with Crippen molar-refractivity contribution in [1.82, 2.24) is 4.67 Å². The van der Waals surface area contributed by atoms with E-state index in [9.17, 15) is 0 Å². The first-order valence-corrected chi connectivity index (χ1v) is 4.55. The Balaban J connectivity index is 2.96. The van der Waals surface area contributed by atoms with Crippen molar-refractivity contribution in [2.75, 3.05) is 0 Å². The molecule has 0 fully saturated rings. The maximum absolute atomic E-state index is 3.69. The number of rotatable bonds is 6. The van der Waals surface area contributed by atoms with Crippen molar-refractivity contribution in [3.63, 3.8) is 0 Å². The molecule has 0 aliphatic carbocycles. The van der Waals surface area contributed by atoms with Gasteiger partial charge in [-0.05, 0) is 12.3 Å². The lowest BCUT2D eigenvalue weighted by Gasteiger charge is -2.01. The van der Waals surface area contributed by atoms with E-state index in [4.69, 9.17) is 0 Å². The summed E-state index contributed by atoms with van der Waals surface area (Å²) in [4.78, 5) is 0. The van der Waals surface area contributed by atoms with Crippen LogP contribution in [0.3, 0.4) is 0 Å². The van der Waals surface area contributed by atoms with Crippen molar-refractivity contribution in [3.8, 4) is 0 Å². The molecule has 0 spiro atoms. The molecule has 0 amide bonds. The number of nitrogens with zero attached hydrogens (tertiary/aromatic N) is 1. The highest BCUT2D eigenvalue weighted by Crippen LogP contribution is 2.08. The third-order valence-electron chi connectivity index (χ3n) is 1.74. The van der Waals surface area contributed by atoms with Crippen LogP contribution in [0.4, 0.5) is 0 Å². The Morgan fingerprint density at radius 3 is 2.55 bits per heavy atom. The van der Waals surface area contributed by atoms with Crippen molar-refractivity contribution in [3.05, 3.63) is 0 Å². The first kappa shape index (κ1) is 10.4. The Morgan fingerprint density at radius 1 is 1.27 bits per heavy atom. The first-order valence-electron chi connectivity index (χ1n) is 4.55. The summed E-state index contributed by atoms with van der Waals surface area (Å²) in [5.74, 6) is 0.858. The third-order valence-corrected chi connectivity index (χ3v) is 1.74. The molecule has 0 aliphatic heterocycles. The van der Waals surface area contributed by atoms with Gasteiger partial charge in [-0.1, -0.05) is 33.1 Å². The third kappa shape index (κ3) is 9.45. The van der Waals surface area contributed by atoms with Gasteiger partial charge in [-0.2, -0.15) is 0 Å². The Bertz CT molecular complexity index is 121. The van der Waals surface area contributed by atoms with Crippen LogP contribution >= 0.6 is 0 Å². The average molecular weight is 154 g/mol. The minimum atomic E-state index is 0.858. The lowest BCUT2D eigenvalue weighted by molar-refractivity contribution is 0.531. The zero-order chi connectivity index (χ0) is 8.53. The van der Waals surface area contributed by atoms with E-state index in [1.165, 1.54) is 25.7 Å². The normalized spacial score (nSPS) is 9.73. The maximum Gasteiger partial charge on any atom is 0.268 e. The van der Waals surface area contributed by atoms with E-state index >= 15 is 0 Å². The lowest BCUT2D eigenvalue weighted by atomic mass is 10.0. The Labute approximate surface area is 70.3 Å². The molecule has 0 atom stereocenters. The Kier molecular flexibility index (Phi) is 7.18. The highest BCUT2D eigenvalue weighted by Gasteiger charge is 1.93. The predicted molar refractivity (Wildman–Crippen MR) is 53.2 cm³/mol. The van der Waals surface area contributed by atoms with E-state index in [1.54, 1.807) is 0 Å². The summed E-state index contributed by atoms with van der Waals surface area (Å²) < 4.78 is 3.69. The molecule has 0 rings (SSSR count). The van der Waals surface area contributed by atoms with E-state index in [-0.39, 0.29) is 0 Å². The van der Waals surface area contributed by atoms with Gasteiger partial charge in [0.15, 0.2) is 0 Å². The molecule has 0 radical (unpaired) electrons. The van der Waals surface area contributed by atoms with Crippen molar-refractivity contribution < 1.29 is 0 Å². The smallest absolute Gasteiger partial charge is 0.114 e. The zero-order valence-corrected chi connectivity index (χ0v) is 7.84. The monoisotopic (exact) mass is 154 g/mol. The van der Waals surface area contributed by atoms with Gasteiger partial charge in [0.1, 0.15) is 0 Å². The highest BCUT2D eigenvalue weighted by atomic mass is 14.5. The standard InChI is InChI=1S/C10H20N/c1-10(2)8-6-4-5-7-9-11-3/h9-10H,3-8H2,1-2H3/q+1. The van der Waals surface area contributed by atoms with Crippen LogP contribution in [-0.4, -0.2) is 12.9 Å². The fourth-order valence-electron chi connectivity index (χ4n) is 1.06. The van der Waals surface area contributed by atoms with Crippen LogP contribution in [0.5, 0.6) is 0 Å². The summed E-state index contributed by atoms with van der Waals surface area (Å²) in [5.41, 5.74) is 0. The van der Waals surface area contributed by atoms with E-state index in [0.29, 0.717) is 0 Å². The van der Waals surface area contributed by atoms with Crippen LogP contribution in [0.15, 0.2) is 0 Å². The second-order valence-corrected chi connectivity index (χ2v) is 3.40. The van der Waals surface area contributed by atoms with Gasteiger partial charge in [-0.3, -0.25) is 0 Å². The summed E-state index contributed by atoms with van der Waals surface area (Å²) in [6, 6.07) is 0. The number of hydrogen-bond donors (Lipinski definition) is 0. The van der Waals surface area contributed by atoms with Gasteiger partial charge in [0.25, 0.3) is 12.9 Å². The molecule has 0 saturated carbocycles. The Morgan fingerprint density at radius 2 is 2.00 bits per heavy atom. The van der Waals surface area contributed by atoms with Gasteiger partial charge >= 0.3 is 0 Å². The minimum Gasteiger partial charge on any atom is -0.114 e. The molecule has 0 aromatic carbocycles. The molecular formula is C10H20N+. The second-order valence-electron chi connectivity index (χ2n) is 3.40. The topological polar surface area (TPSA) is 14.1 Å². The summed E-state index contributed by atoms with van der Waals surface area (Å²) in [5, 5.41) is 0. The van der Waals surface area contributed by atoms with E-state index in [1.807, 2.05) is 6.21 Å². The van der Waals surface area contributed by atoms with Gasteiger partial charge < -0.3 is 0 Å². The van der Waals surface area contributed by atoms with Crippen LogP contribution in [-0.2, 0) is 0 Å². The average Bonchev–Trinajstić information content (AvgIpc) is 1.96. The van der Waals surface area contributed by atoms with Crippen LogP contribution < -0.4 is 4.67 Å². The molecule has 0 N–H and O–H groups in total.